The highest BCUT2D eigenvalue weighted by Gasteiger charge is 2.31. The Labute approximate surface area is 170 Å². The molecule has 1 aromatic heterocycles. The molecular weight excluding hydrogens is 405 g/mol. The zero-order valence-corrected chi connectivity index (χ0v) is 16.2. The summed E-state index contributed by atoms with van der Waals surface area (Å²) >= 11 is 1.45. The Morgan fingerprint density at radius 3 is 2.76 bits per heavy atom. The lowest BCUT2D eigenvalue weighted by atomic mass is 10.2. The van der Waals surface area contributed by atoms with Crippen LogP contribution in [0.4, 0.5) is 13.2 Å². The third-order valence-electron chi connectivity index (χ3n) is 4.09. The highest BCUT2D eigenvalue weighted by Crippen LogP contribution is 2.29. The van der Waals surface area contributed by atoms with Gasteiger partial charge in [0.05, 0.1) is 18.7 Å². The van der Waals surface area contributed by atoms with Crippen molar-refractivity contribution in [3.63, 3.8) is 0 Å². The average molecular weight is 424 g/mol. The maximum absolute atomic E-state index is 12.6. The first-order valence-corrected chi connectivity index (χ1v) is 9.74. The Kier molecular flexibility index (Phi) is 7.16. The van der Waals surface area contributed by atoms with Crippen LogP contribution in [0.2, 0.25) is 0 Å². The summed E-state index contributed by atoms with van der Waals surface area (Å²) in [4.78, 5) is 18.7. The minimum atomic E-state index is -4.44. The van der Waals surface area contributed by atoms with Crippen molar-refractivity contribution >= 4 is 17.7 Å². The van der Waals surface area contributed by atoms with Crippen LogP contribution >= 0.6 is 11.8 Å². The number of carbonyl (C=O) groups is 1. The number of morpholine rings is 1. The van der Waals surface area contributed by atoms with Crippen molar-refractivity contribution in [2.24, 2.45) is 0 Å². The number of halogens is 3. The van der Waals surface area contributed by atoms with Gasteiger partial charge in [-0.2, -0.15) is 13.2 Å². The molecule has 3 rings (SSSR count). The molecule has 1 saturated heterocycles. The number of aromatic nitrogens is 1. The number of alkyl halides is 3. The molecule has 1 amide bonds. The molecule has 9 heteroatoms. The lowest BCUT2D eigenvalue weighted by Gasteiger charge is -2.32. The molecule has 0 aliphatic carbocycles. The first-order valence-electron chi connectivity index (χ1n) is 8.86. The third kappa shape index (κ3) is 6.50. The number of rotatable bonds is 6. The van der Waals surface area contributed by atoms with E-state index in [9.17, 15) is 18.0 Å². The van der Waals surface area contributed by atoms with Gasteiger partial charge in [-0.05, 0) is 23.6 Å². The lowest BCUT2D eigenvalue weighted by molar-refractivity contribution is -0.137. The lowest BCUT2D eigenvalue weighted by Crippen LogP contribution is -2.47. The van der Waals surface area contributed by atoms with Crippen LogP contribution in [0.5, 0.6) is 5.88 Å². The predicted molar refractivity (Wildman–Crippen MR) is 102 cm³/mol. The molecule has 1 fully saturated rings. The van der Waals surface area contributed by atoms with Crippen molar-refractivity contribution in [2.75, 3.05) is 26.3 Å². The minimum Gasteiger partial charge on any atom is -0.475 e. The van der Waals surface area contributed by atoms with Crippen LogP contribution in [-0.2, 0) is 15.7 Å². The summed E-state index contributed by atoms with van der Waals surface area (Å²) in [6, 6.07) is 11.8. The molecule has 1 atom stereocenters. The zero-order valence-electron chi connectivity index (χ0n) is 15.3. The van der Waals surface area contributed by atoms with Crippen molar-refractivity contribution in [1.82, 2.24) is 9.88 Å². The molecular formula is C20H19F3N2O3S. The Morgan fingerprint density at radius 2 is 2.07 bits per heavy atom. The van der Waals surface area contributed by atoms with E-state index in [0.29, 0.717) is 19.7 Å². The van der Waals surface area contributed by atoms with E-state index in [1.54, 1.807) is 10.3 Å². The van der Waals surface area contributed by atoms with Gasteiger partial charge in [0.1, 0.15) is 12.7 Å². The van der Waals surface area contributed by atoms with Crippen molar-refractivity contribution in [2.45, 2.75) is 17.2 Å². The number of carbonyl (C=O) groups excluding carboxylic acids is 1. The van der Waals surface area contributed by atoms with Crippen molar-refractivity contribution in [1.29, 1.82) is 0 Å². The summed E-state index contributed by atoms with van der Waals surface area (Å²) < 4.78 is 48.7. The quantitative estimate of drug-likeness (QED) is 0.518. The summed E-state index contributed by atoms with van der Waals surface area (Å²) in [5.41, 5.74) is -0.837. The Balaban J connectivity index is 1.46. The van der Waals surface area contributed by atoms with Gasteiger partial charge >= 0.3 is 6.18 Å². The monoisotopic (exact) mass is 424 g/mol. The highest BCUT2D eigenvalue weighted by atomic mass is 32.2. The topological polar surface area (TPSA) is 51.7 Å². The maximum Gasteiger partial charge on any atom is 0.417 e. The van der Waals surface area contributed by atoms with Crippen molar-refractivity contribution in [3.05, 3.63) is 65.7 Å². The van der Waals surface area contributed by atoms with E-state index < -0.39 is 11.7 Å². The fraction of sp³-hybridized carbons (Fsp3) is 0.300. The van der Waals surface area contributed by atoms with Crippen LogP contribution in [0.25, 0.3) is 0 Å². The van der Waals surface area contributed by atoms with Gasteiger partial charge < -0.3 is 14.4 Å². The highest BCUT2D eigenvalue weighted by molar-refractivity contribution is 8.02. The summed E-state index contributed by atoms with van der Waals surface area (Å²) in [6.45, 7) is 1.25. The Bertz CT molecular complexity index is 829. The molecule has 1 unspecified atom stereocenters. The van der Waals surface area contributed by atoms with E-state index in [0.717, 1.165) is 23.2 Å². The number of pyridine rings is 1. The van der Waals surface area contributed by atoms with Gasteiger partial charge in [-0.1, -0.05) is 30.0 Å². The van der Waals surface area contributed by atoms with E-state index in [4.69, 9.17) is 9.47 Å². The third-order valence-corrected chi connectivity index (χ3v) is 4.91. The van der Waals surface area contributed by atoms with Gasteiger partial charge in [-0.25, -0.2) is 4.98 Å². The molecule has 0 spiro atoms. The second-order valence-corrected chi connectivity index (χ2v) is 7.18. The Hall–Kier alpha value is -2.52. The van der Waals surface area contributed by atoms with Crippen LogP contribution in [0.15, 0.2) is 65.0 Å². The fourth-order valence-corrected chi connectivity index (χ4v) is 3.26. The van der Waals surface area contributed by atoms with Gasteiger partial charge in [0.25, 0.3) is 0 Å². The molecule has 0 N–H and O–H groups in total. The first-order chi connectivity index (χ1) is 13.9. The van der Waals surface area contributed by atoms with Crippen molar-refractivity contribution < 1.29 is 27.4 Å². The summed E-state index contributed by atoms with van der Waals surface area (Å²) in [5.74, 6) is -0.0569. The van der Waals surface area contributed by atoms with Gasteiger partial charge in [0.2, 0.25) is 11.8 Å². The predicted octanol–water partition coefficient (Wildman–Crippen LogP) is 4.01. The number of amides is 1. The number of hydrogen-bond donors (Lipinski definition) is 0. The molecule has 0 radical (unpaired) electrons. The molecule has 154 valence electrons. The Morgan fingerprint density at radius 1 is 1.28 bits per heavy atom. The number of hydrogen-bond acceptors (Lipinski definition) is 5. The van der Waals surface area contributed by atoms with Crippen LogP contribution in [0.1, 0.15) is 5.56 Å². The van der Waals surface area contributed by atoms with E-state index in [2.05, 4.69) is 4.98 Å². The van der Waals surface area contributed by atoms with Crippen LogP contribution in [0.3, 0.4) is 0 Å². The summed E-state index contributed by atoms with van der Waals surface area (Å²) in [6.07, 6.45) is -2.59. The van der Waals surface area contributed by atoms with E-state index in [1.165, 1.54) is 17.8 Å². The number of nitrogens with zero attached hydrogens (tertiary/aromatic N) is 2. The second-order valence-electron chi connectivity index (χ2n) is 6.20. The van der Waals surface area contributed by atoms with E-state index in [-0.39, 0.29) is 24.5 Å². The second kappa shape index (κ2) is 9.80. The van der Waals surface area contributed by atoms with Gasteiger partial charge in [-0.3, -0.25) is 4.79 Å². The van der Waals surface area contributed by atoms with Crippen LogP contribution in [0, 0.1) is 0 Å². The smallest absolute Gasteiger partial charge is 0.417 e. The minimum absolute atomic E-state index is 0.0733. The number of benzene rings is 1. The van der Waals surface area contributed by atoms with Gasteiger partial charge in [0.15, 0.2) is 0 Å². The molecule has 0 saturated carbocycles. The fourth-order valence-electron chi connectivity index (χ4n) is 2.61. The van der Waals surface area contributed by atoms with Gasteiger partial charge in [-0.15, -0.1) is 0 Å². The molecule has 1 aliphatic heterocycles. The molecule has 2 heterocycles. The molecule has 2 aromatic rings. The zero-order chi connectivity index (χ0) is 20.7. The van der Waals surface area contributed by atoms with Crippen molar-refractivity contribution in [3.8, 4) is 5.88 Å². The van der Waals surface area contributed by atoms with Gasteiger partial charge in [0, 0.05) is 29.8 Å². The maximum atomic E-state index is 12.6. The largest absolute Gasteiger partial charge is 0.475 e. The van der Waals surface area contributed by atoms with Crippen LogP contribution < -0.4 is 4.74 Å². The molecule has 29 heavy (non-hydrogen) atoms. The number of ether oxygens (including phenoxy) is 2. The normalized spacial score (nSPS) is 17.5. The average Bonchev–Trinajstić information content (AvgIpc) is 2.73. The molecule has 1 aromatic carbocycles. The van der Waals surface area contributed by atoms with E-state index >= 15 is 0 Å². The van der Waals surface area contributed by atoms with Crippen LogP contribution in [-0.4, -0.2) is 48.2 Å². The summed E-state index contributed by atoms with van der Waals surface area (Å²) in [5, 5.41) is 1.74. The summed E-state index contributed by atoms with van der Waals surface area (Å²) in [7, 11) is 0. The molecule has 5 nitrogen and oxygen atoms in total. The SMILES string of the molecule is O=C(C=CSc1ccccc1)N1CCOC(COc2ccc(C(F)(F)F)cn2)C1. The molecule has 1 aliphatic rings. The number of thioether (sulfide) groups is 1. The van der Waals surface area contributed by atoms with E-state index in [1.807, 2.05) is 30.3 Å². The standard InChI is InChI=1S/C20H19F3N2O3S/c21-20(22,23)15-6-7-18(24-12-15)28-14-16-13-25(9-10-27-16)19(26)8-11-29-17-4-2-1-3-5-17/h1-8,11-12,16H,9-10,13-14H2. The first kappa shape index (κ1) is 21.2. The molecule has 0 bridgehead atoms.